The zero-order valence-corrected chi connectivity index (χ0v) is 19.2. The summed E-state index contributed by atoms with van der Waals surface area (Å²) in [6, 6.07) is 13.1. The standard InChI is InChI=1S/C24H30N2O5S/c1-30-23-11-10-20(32(28,29)26-13-15-31-16-14-26)17-19(23)9-12-24(27)25-22-8-4-6-18-5-2-3-7-21(18)22/h2-3,5,7,10-11,17,22H,4,6,8-9,12-16H2,1H3,(H,25,27)/t22-/m1/s1. The second-order valence-corrected chi connectivity index (χ2v) is 10.1. The molecule has 0 radical (unpaired) electrons. The lowest BCUT2D eigenvalue weighted by Gasteiger charge is -2.27. The summed E-state index contributed by atoms with van der Waals surface area (Å²) < 4.78 is 38.2. The minimum absolute atomic E-state index is 0.0300. The Hall–Kier alpha value is -2.42. The Morgan fingerprint density at radius 1 is 1.19 bits per heavy atom. The van der Waals surface area contributed by atoms with Crippen LogP contribution in [-0.4, -0.2) is 52.0 Å². The van der Waals surface area contributed by atoms with Gasteiger partial charge in [0.2, 0.25) is 15.9 Å². The van der Waals surface area contributed by atoms with Gasteiger partial charge < -0.3 is 14.8 Å². The van der Waals surface area contributed by atoms with E-state index in [1.165, 1.54) is 15.4 Å². The Morgan fingerprint density at radius 2 is 1.97 bits per heavy atom. The number of nitrogens with zero attached hydrogens (tertiary/aromatic N) is 1. The lowest BCUT2D eigenvalue weighted by atomic mass is 9.87. The number of ether oxygens (including phenoxy) is 2. The van der Waals surface area contributed by atoms with Gasteiger partial charge in [-0.05, 0) is 60.6 Å². The second-order valence-electron chi connectivity index (χ2n) is 8.20. The number of methoxy groups -OCH3 is 1. The number of sulfonamides is 1. The van der Waals surface area contributed by atoms with Gasteiger partial charge in [-0.1, -0.05) is 24.3 Å². The van der Waals surface area contributed by atoms with Crippen LogP contribution in [0.5, 0.6) is 5.75 Å². The van der Waals surface area contributed by atoms with E-state index in [0.717, 1.165) is 19.3 Å². The maximum atomic E-state index is 13.0. The van der Waals surface area contributed by atoms with Crippen molar-refractivity contribution in [2.75, 3.05) is 33.4 Å². The Morgan fingerprint density at radius 3 is 2.75 bits per heavy atom. The predicted octanol–water partition coefficient (Wildman–Crippen LogP) is 2.84. The minimum atomic E-state index is -3.61. The minimum Gasteiger partial charge on any atom is -0.496 e. The topological polar surface area (TPSA) is 84.9 Å². The van der Waals surface area contributed by atoms with Crippen LogP contribution in [0.25, 0.3) is 0 Å². The Bertz CT molecular complexity index is 1060. The number of carbonyl (C=O) groups is 1. The summed E-state index contributed by atoms with van der Waals surface area (Å²) in [7, 11) is -2.06. The van der Waals surface area contributed by atoms with Crippen molar-refractivity contribution in [2.24, 2.45) is 0 Å². The summed E-state index contributed by atoms with van der Waals surface area (Å²) in [5.41, 5.74) is 3.20. The molecule has 0 aromatic heterocycles. The van der Waals surface area contributed by atoms with Crippen LogP contribution in [0, 0.1) is 0 Å². The first-order valence-electron chi connectivity index (χ1n) is 11.1. The van der Waals surface area contributed by atoms with Crippen LogP contribution < -0.4 is 10.1 Å². The van der Waals surface area contributed by atoms with E-state index in [-0.39, 0.29) is 23.3 Å². The Balaban J connectivity index is 1.45. The molecule has 2 aromatic carbocycles. The van der Waals surface area contributed by atoms with Crippen LogP contribution in [0.2, 0.25) is 0 Å². The molecule has 8 heteroatoms. The summed E-state index contributed by atoms with van der Waals surface area (Å²) in [6.45, 7) is 1.48. The molecule has 1 aliphatic heterocycles. The highest BCUT2D eigenvalue weighted by atomic mass is 32.2. The average Bonchev–Trinajstić information content (AvgIpc) is 2.83. The van der Waals surface area contributed by atoms with E-state index < -0.39 is 10.0 Å². The molecule has 7 nitrogen and oxygen atoms in total. The first-order valence-corrected chi connectivity index (χ1v) is 12.5. The van der Waals surface area contributed by atoms with Crippen LogP contribution in [-0.2, 0) is 32.4 Å². The molecule has 1 saturated heterocycles. The fourth-order valence-corrected chi connectivity index (χ4v) is 5.92. The molecule has 1 aliphatic carbocycles. The third-order valence-electron chi connectivity index (χ3n) is 6.19. The van der Waals surface area contributed by atoms with E-state index in [2.05, 4.69) is 17.4 Å². The van der Waals surface area contributed by atoms with Crippen molar-refractivity contribution in [1.82, 2.24) is 9.62 Å². The second kappa shape index (κ2) is 10.0. The lowest BCUT2D eigenvalue weighted by Crippen LogP contribution is -2.40. The number of hydrogen-bond donors (Lipinski definition) is 1. The normalized spacial score (nSPS) is 19.2. The van der Waals surface area contributed by atoms with Gasteiger partial charge in [-0.2, -0.15) is 4.31 Å². The quantitative estimate of drug-likeness (QED) is 0.690. The average molecular weight is 459 g/mol. The summed E-state index contributed by atoms with van der Waals surface area (Å²) in [5, 5.41) is 3.16. The van der Waals surface area contributed by atoms with Gasteiger partial charge in [-0.3, -0.25) is 4.79 Å². The Kier molecular flexibility index (Phi) is 7.13. The van der Waals surface area contributed by atoms with Gasteiger partial charge in [0.25, 0.3) is 0 Å². The van der Waals surface area contributed by atoms with Crippen molar-refractivity contribution in [3.8, 4) is 5.75 Å². The van der Waals surface area contributed by atoms with Crippen molar-refractivity contribution < 1.29 is 22.7 Å². The number of morpholine rings is 1. The van der Waals surface area contributed by atoms with Gasteiger partial charge in [0, 0.05) is 19.5 Å². The molecule has 2 aliphatic rings. The summed E-state index contributed by atoms with van der Waals surface area (Å²) in [4.78, 5) is 13.0. The van der Waals surface area contributed by atoms with E-state index in [1.54, 1.807) is 25.3 Å². The van der Waals surface area contributed by atoms with E-state index in [0.29, 0.717) is 44.0 Å². The zero-order chi connectivity index (χ0) is 22.6. The monoisotopic (exact) mass is 458 g/mol. The molecule has 0 spiro atoms. The van der Waals surface area contributed by atoms with Gasteiger partial charge >= 0.3 is 0 Å². The molecule has 172 valence electrons. The molecule has 0 bridgehead atoms. The molecule has 32 heavy (non-hydrogen) atoms. The molecular weight excluding hydrogens is 428 g/mol. The number of aryl methyl sites for hydroxylation is 2. The summed E-state index contributed by atoms with van der Waals surface area (Å²) in [6.07, 6.45) is 3.69. The molecule has 4 rings (SSSR count). The van der Waals surface area contributed by atoms with Gasteiger partial charge in [0.1, 0.15) is 5.75 Å². The third kappa shape index (κ3) is 4.98. The molecule has 0 unspecified atom stereocenters. The highest BCUT2D eigenvalue weighted by molar-refractivity contribution is 7.89. The third-order valence-corrected chi connectivity index (χ3v) is 8.08. The lowest BCUT2D eigenvalue weighted by molar-refractivity contribution is -0.121. The molecule has 1 atom stereocenters. The number of carbonyl (C=O) groups excluding carboxylic acids is 1. The smallest absolute Gasteiger partial charge is 0.243 e. The SMILES string of the molecule is COc1ccc(S(=O)(=O)N2CCOCC2)cc1CCC(=O)N[C@@H]1CCCc2ccccc21. The highest BCUT2D eigenvalue weighted by Crippen LogP contribution is 2.30. The maximum Gasteiger partial charge on any atom is 0.243 e. The number of amides is 1. The highest BCUT2D eigenvalue weighted by Gasteiger charge is 2.27. The summed E-state index contributed by atoms with van der Waals surface area (Å²) in [5.74, 6) is 0.539. The Labute approximate surface area is 189 Å². The number of nitrogens with one attached hydrogen (secondary N) is 1. The van der Waals surface area contributed by atoms with Crippen LogP contribution in [0.4, 0.5) is 0 Å². The molecular formula is C24H30N2O5S. The van der Waals surface area contributed by atoms with Crippen molar-refractivity contribution in [3.63, 3.8) is 0 Å². The number of hydrogen-bond acceptors (Lipinski definition) is 5. The largest absolute Gasteiger partial charge is 0.496 e. The fourth-order valence-electron chi connectivity index (χ4n) is 4.47. The zero-order valence-electron chi connectivity index (χ0n) is 18.4. The van der Waals surface area contributed by atoms with Crippen molar-refractivity contribution >= 4 is 15.9 Å². The van der Waals surface area contributed by atoms with Gasteiger partial charge in [0.05, 0.1) is 31.3 Å². The van der Waals surface area contributed by atoms with Crippen molar-refractivity contribution in [1.29, 1.82) is 0 Å². The van der Waals surface area contributed by atoms with Crippen LogP contribution >= 0.6 is 0 Å². The summed E-state index contributed by atoms with van der Waals surface area (Å²) >= 11 is 0. The van der Waals surface area contributed by atoms with E-state index in [1.807, 2.05) is 12.1 Å². The first-order chi connectivity index (χ1) is 15.5. The van der Waals surface area contributed by atoms with E-state index in [4.69, 9.17) is 9.47 Å². The van der Waals surface area contributed by atoms with Crippen LogP contribution in [0.3, 0.4) is 0 Å². The molecule has 2 aromatic rings. The fraction of sp³-hybridized carbons (Fsp3) is 0.458. The van der Waals surface area contributed by atoms with Gasteiger partial charge in [0.15, 0.2) is 0 Å². The van der Waals surface area contributed by atoms with Gasteiger partial charge in [-0.15, -0.1) is 0 Å². The molecule has 1 fully saturated rings. The number of rotatable bonds is 7. The van der Waals surface area contributed by atoms with Crippen molar-refractivity contribution in [2.45, 2.75) is 43.0 Å². The van der Waals surface area contributed by atoms with Crippen LogP contribution in [0.15, 0.2) is 47.4 Å². The van der Waals surface area contributed by atoms with Crippen molar-refractivity contribution in [3.05, 3.63) is 59.2 Å². The van der Waals surface area contributed by atoms with Crippen LogP contribution in [0.1, 0.15) is 42.0 Å². The maximum absolute atomic E-state index is 13.0. The molecule has 1 amide bonds. The molecule has 0 saturated carbocycles. The van der Waals surface area contributed by atoms with E-state index in [9.17, 15) is 13.2 Å². The molecule has 1 heterocycles. The molecule has 1 N–H and O–H groups in total. The first kappa shape index (κ1) is 22.8. The van der Waals surface area contributed by atoms with E-state index >= 15 is 0 Å². The number of fused-ring (bicyclic) bond motifs is 1. The van der Waals surface area contributed by atoms with Gasteiger partial charge in [-0.25, -0.2) is 8.42 Å². The number of benzene rings is 2. The predicted molar refractivity (Wildman–Crippen MR) is 121 cm³/mol.